The average Bonchev–Trinajstić information content (AvgIpc) is 2.87. The number of piperidine rings is 1. The first kappa shape index (κ1) is 12.7. The Bertz CT molecular complexity index is 586. The monoisotopic (exact) mass is 337 g/mol. The normalized spacial score (nSPS) is 15.8. The molecular weight excluding hydrogens is 326 g/mol. The van der Waals surface area contributed by atoms with E-state index in [1.807, 2.05) is 23.6 Å². The van der Waals surface area contributed by atoms with Crippen LogP contribution in [0.25, 0.3) is 10.6 Å². The van der Waals surface area contributed by atoms with Crippen molar-refractivity contribution in [1.82, 2.24) is 10.2 Å². The fourth-order valence-corrected chi connectivity index (χ4v) is 3.45. The molecule has 0 spiro atoms. The summed E-state index contributed by atoms with van der Waals surface area (Å²) in [6.45, 7) is 1.49. The predicted molar refractivity (Wildman–Crippen MR) is 79.5 cm³/mol. The number of carbonyl (C=O) groups excluding carboxylic acids is 1. The third kappa shape index (κ3) is 2.84. The summed E-state index contributed by atoms with van der Waals surface area (Å²) < 4.78 is 1.06. The van der Waals surface area contributed by atoms with Crippen LogP contribution in [-0.2, 0) is 4.79 Å². The minimum Gasteiger partial charge on any atom is -0.354 e. The van der Waals surface area contributed by atoms with Gasteiger partial charge in [0.2, 0.25) is 0 Å². The van der Waals surface area contributed by atoms with Gasteiger partial charge in [0.15, 0.2) is 5.82 Å². The average molecular weight is 338 g/mol. The van der Waals surface area contributed by atoms with Crippen LogP contribution in [-0.4, -0.2) is 29.1 Å². The molecule has 1 fully saturated rings. The lowest BCUT2D eigenvalue weighted by atomic mass is 10.1. The van der Waals surface area contributed by atoms with Crippen molar-refractivity contribution in [2.24, 2.45) is 0 Å². The van der Waals surface area contributed by atoms with Crippen molar-refractivity contribution in [2.75, 3.05) is 18.0 Å². The largest absolute Gasteiger partial charge is 0.354 e. The van der Waals surface area contributed by atoms with Crippen molar-refractivity contribution in [1.29, 1.82) is 0 Å². The van der Waals surface area contributed by atoms with E-state index >= 15 is 0 Å². The van der Waals surface area contributed by atoms with Crippen molar-refractivity contribution in [3.63, 3.8) is 0 Å². The van der Waals surface area contributed by atoms with Gasteiger partial charge in [-0.2, -0.15) is 0 Å². The predicted octanol–water partition coefficient (Wildman–Crippen LogP) is 3.14. The van der Waals surface area contributed by atoms with Crippen LogP contribution in [0.3, 0.4) is 0 Å². The molecule has 0 saturated carbocycles. The molecule has 0 amide bonds. The maximum atomic E-state index is 11.2. The van der Waals surface area contributed by atoms with E-state index in [1.54, 1.807) is 11.3 Å². The molecule has 0 aromatic carbocycles. The molecule has 0 radical (unpaired) electrons. The highest BCUT2D eigenvalue weighted by Gasteiger charge is 2.17. The Kier molecular flexibility index (Phi) is 3.61. The van der Waals surface area contributed by atoms with Gasteiger partial charge in [0.25, 0.3) is 0 Å². The number of carbonyl (C=O) groups is 1. The van der Waals surface area contributed by atoms with Gasteiger partial charge in [-0.15, -0.1) is 21.5 Å². The van der Waals surface area contributed by atoms with Crippen LogP contribution in [0.4, 0.5) is 5.82 Å². The minimum atomic E-state index is 0.337. The Balaban J connectivity index is 1.77. The summed E-state index contributed by atoms with van der Waals surface area (Å²) in [7, 11) is 0. The topological polar surface area (TPSA) is 46.1 Å². The number of anilines is 1. The van der Waals surface area contributed by atoms with E-state index in [4.69, 9.17) is 0 Å². The molecule has 0 bridgehead atoms. The van der Waals surface area contributed by atoms with Crippen molar-refractivity contribution < 1.29 is 4.79 Å². The molecule has 2 aromatic heterocycles. The van der Waals surface area contributed by atoms with Crippen LogP contribution in [0.2, 0.25) is 0 Å². The highest BCUT2D eigenvalue weighted by molar-refractivity contribution is 9.10. The zero-order valence-electron chi connectivity index (χ0n) is 10.2. The Morgan fingerprint density at radius 3 is 2.58 bits per heavy atom. The third-order valence-electron chi connectivity index (χ3n) is 3.12. The zero-order valence-corrected chi connectivity index (χ0v) is 12.6. The van der Waals surface area contributed by atoms with E-state index in [0.29, 0.717) is 18.6 Å². The summed E-state index contributed by atoms with van der Waals surface area (Å²) in [4.78, 5) is 14.4. The fourth-order valence-electron chi connectivity index (χ4n) is 2.06. The van der Waals surface area contributed by atoms with Crippen molar-refractivity contribution >= 4 is 38.9 Å². The number of hydrogen-bond acceptors (Lipinski definition) is 5. The third-order valence-corrected chi connectivity index (χ3v) is 4.83. The van der Waals surface area contributed by atoms with Crippen molar-refractivity contribution in [2.45, 2.75) is 12.8 Å². The van der Waals surface area contributed by atoms with E-state index in [-0.39, 0.29) is 0 Å². The van der Waals surface area contributed by atoms with Crippen LogP contribution >= 0.6 is 27.3 Å². The Morgan fingerprint density at radius 2 is 2.00 bits per heavy atom. The van der Waals surface area contributed by atoms with Crippen LogP contribution in [0.5, 0.6) is 0 Å². The molecule has 3 heterocycles. The SMILES string of the molecule is O=C1CCN(c2ccc(-c3cc(Br)cs3)nn2)CC1. The summed E-state index contributed by atoms with van der Waals surface area (Å²) >= 11 is 5.07. The van der Waals surface area contributed by atoms with Gasteiger partial charge in [-0.3, -0.25) is 4.79 Å². The lowest BCUT2D eigenvalue weighted by Gasteiger charge is -2.26. The van der Waals surface area contributed by atoms with Gasteiger partial charge < -0.3 is 4.90 Å². The molecule has 1 saturated heterocycles. The van der Waals surface area contributed by atoms with Crippen molar-refractivity contribution in [3.05, 3.63) is 28.1 Å². The van der Waals surface area contributed by atoms with Gasteiger partial charge in [0, 0.05) is 35.8 Å². The summed E-state index contributed by atoms with van der Waals surface area (Å²) in [5.74, 6) is 1.19. The molecule has 1 aliphatic rings. The summed E-state index contributed by atoms with van der Waals surface area (Å²) in [5, 5.41) is 10.6. The number of aromatic nitrogens is 2. The number of ketones is 1. The molecule has 0 N–H and O–H groups in total. The van der Waals surface area contributed by atoms with Crippen LogP contribution in [0.1, 0.15) is 12.8 Å². The second kappa shape index (κ2) is 5.38. The van der Waals surface area contributed by atoms with E-state index in [0.717, 1.165) is 34.0 Å². The smallest absolute Gasteiger partial charge is 0.151 e. The van der Waals surface area contributed by atoms with Gasteiger partial charge in [-0.1, -0.05) is 0 Å². The lowest BCUT2D eigenvalue weighted by Crippen LogP contribution is -2.34. The zero-order chi connectivity index (χ0) is 13.2. The number of hydrogen-bond donors (Lipinski definition) is 0. The van der Waals surface area contributed by atoms with Crippen LogP contribution < -0.4 is 4.90 Å². The molecule has 19 heavy (non-hydrogen) atoms. The molecule has 0 atom stereocenters. The van der Waals surface area contributed by atoms with E-state index in [2.05, 4.69) is 31.0 Å². The van der Waals surface area contributed by atoms with Crippen LogP contribution in [0, 0.1) is 0 Å². The van der Waals surface area contributed by atoms with Gasteiger partial charge >= 0.3 is 0 Å². The van der Waals surface area contributed by atoms with Crippen molar-refractivity contribution in [3.8, 4) is 10.6 Å². The molecule has 98 valence electrons. The second-order valence-electron chi connectivity index (χ2n) is 4.43. The molecule has 1 aliphatic heterocycles. The first-order chi connectivity index (χ1) is 9.22. The molecule has 0 unspecified atom stereocenters. The van der Waals surface area contributed by atoms with Gasteiger partial charge in [0.1, 0.15) is 11.5 Å². The minimum absolute atomic E-state index is 0.337. The fraction of sp³-hybridized carbons (Fsp3) is 0.308. The summed E-state index contributed by atoms with van der Waals surface area (Å²) in [6.07, 6.45) is 1.22. The molecule has 0 aliphatic carbocycles. The molecular formula is C13H12BrN3OS. The Hall–Kier alpha value is -1.27. The highest BCUT2D eigenvalue weighted by Crippen LogP contribution is 2.28. The van der Waals surface area contributed by atoms with E-state index < -0.39 is 0 Å². The van der Waals surface area contributed by atoms with E-state index in [1.165, 1.54) is 0 Å². The number of rotatable bonds is 2. The summed E-state index contributed by atoms with van der Waals surface area (Å²) in [6, 6.07) is 6.00. The molecule has 3 rings (SSSR count). The molecule has 4 nitrogen and oxygen atoms in total. The van der Waals surface area contributed by atoms with Gasteiger partial charge in [-0.25, -0.2) is 0 Å². The maximum absolute atomic E-state index is 11.2. The van der Waals surface area contributed by atoms with Gasteiger partial charge in [-0.05, 0) is 34.1 Å². The maximum Gasteiger partial charge on any atom is 0.151 e. The van der Waals surface area contributed by atoms with Gasteiger partial charge in [0.05, 0.1) is 4.88 Å². The molecule has 2 aromatic rings. The summed E-state index contributed by atoms with van der Waals surface area (Å²) in [5.41, 5.74) is 0.882. The number of halogens is 1. The molecule has 6 heteroatoms. The Morgan fingerprint density at radius 1 is 1.21 bits per heavy atom. The first-order valence-corrected chi connectivity index (χ1v) is 7.74. The lowest BCUT2D eigenvalue weighted by molar-refractivity contribution is -0.119. The van der Waals surface area contributed by atoms with Crippen LogP contribution in [0.15, 0.2) is 28.1 Å². The second-order valence-corrected chi connectivity index (χ2v) is 6.26. The van der Waals surface area contributed by atoms with E-state index in [9.17, 15) is 4.79 Å². The number of Topliss-reactive ketones (excluding diaryl/α,β-unsaturated/α-hetero) is 1. The highest BCUT2D eigenvalue weighted by atomic mass is 79.9. The number of nitrogens with zero attached hydrogens (tertiary/aromatic N) is 3. The standard InChI is InChI=1S/C13H12BrN3OS/c14-9-7-12(19-8-9)11-1-2-13(16-15-11)17-5-3-10(18)4-6-17/h1-2,7-8H,3-6H2. The quantitative estimate of drug-likeness (QED) is 0.844. The first-order valence-electron chi connectivity index (χ1n) is 6.07. The number of thiophene rings is 1. The Labute approximate surface area is 123 Å².